The minimum Gasteiger partial charge on any atom is -0.444 e. The fourth-order valence-corrected chi connectivity index (χ4v) is 4.22. The molecule has 7 nitrogen and oxygen atoms in total. The molecule has 0 atom stereocenters. The number of amides is 1. The van der Waals surface area contributed by atoms with Gasteiger partial charge in [-0.2, -0.15) is 10.1 Å². The number of likely N-dealkylation sites (tertiary alicyclic amines) is 1. The van der Waals surface area contributed by atoms with Gasteiger partial charge in [-0.3, -0.25) is 0 Å². The number of aromatic nitrogens is 4. The van der Waals surface area contributed by atoms with E-state index in [4.69, 9.17) is 16.3 Å². The van der Waals surface area contributed by atoms with Crippen molar-refractivity contribution >= 4 is 28.7 Å². The molecule has 0 radical (unpaired) electrons. The lowest BCUT2D eigenvalue weighted by atomic mass is 9.60. The summed E-state index contributed by atoms with van der Waals surface area (Å²) in [5.41, 5.74) is 0.659. The summed E-state index contributed by atoms with van der Waals surface area (Å²) in [6.07, 6.45) is 7.45. The van der Waals surface area contributed by atoms with Crippen LogP contribution in [0.1, 0.15) is 52.5 Å². The number of halogens is 1. The molecule has 2 aromatic heterocycles. The van der Waals surface area contributed by atoms with Crippen molar-refractivity contribution in [1.82, 2.24) is 24.6 Å². The Morgan fingerprint density at radius 3 is 2.62 bits per heavy atom. The average Bonchev–Trinajstić information content (AvgIpc) is 2.93. The Morgan fingerprint density at radius 1 is 1.27 bits per heavy atom. The number of piperidine rings is 1. The maximum atomic E-state index is 12.2. The number of hydrogen-bond donors (Lipinski definition) is 0. The summed E-state index contributed by atoms with van der Waals surface area (Å²) in [6, 6.07) is 0.339. The predicted molar refractivity (Wildman–Crippen MR) is 98.1 cm³/mol. The molecular weight excluding hydrogens is 354 g/mol. The minimum absolute atomic E-state index is 0.201. The quantitative estimate of drug-likeness (QED) is 0.706. The molecule has 1 aliphatic carbocycles. The highest BCUT2D eigenvalue weighted by atomic mass is 35.5. The van der Waals surface area contributed by atoms with Crippen LogP contribution in [0.15, 0.2) is 12.4 Å². The second kappa shape index (κ2) is 6.08. The molecule has 2 aliphatic rings. The van der Waals surface area contributed by atoms with Crippen molar-refractivity contribution in [2.45, 2.75) is 58.1 Å². The Labute approximate surface area is 157 Å². The molecule has 1 saturated carbocycles. The van der Waals surface area contributed by atoms with E-state index in [1.165, 1.54) is 0 Å². The summed E-state index contributed by atoms with van der Waals surface area (Å²) >= 11 is 5.93. The Hall–Kier alpha value is -1.89. The van der Waals surface area contributed by atoms with E-state index in [1.807, 2.05) is 30.4 Å². The zero-order valence-corrected chi connectivity index (χ0v) is 16.2. The molecule has 2 aromatic rings. The molecule has 2 fully saturated rings. The second-order valence-electron chi connectivity index (χ2n) is 8.54. The van der Waals surface area contributed by atoms with Crippen LogP contribution in [0.3, 0.4) is 0 Å². The average molecular weight is 378 g/mol. The van der Waals surface area contributed by atoms with Crippen molar-refractivity contribution in [3.05, 3.63) is 17.7 Å². The topological polar surface area (TPSA) is 73.1 Å². The normalized spacial score (nSPS) is 20.4. The number of ether oxygens (including phenoxy) is 1. The fourth-order valence-electron chi connectivity index (χ4n) is 4.09. The Kier molecular flexibility index (Phi) is 4.10. The van der Waals surface area contributed by atoms with Gasteiger partial charge >= 0.3 is 6.09 Å². The van der Waals surface area contributed by atoms with Gasteiger partial charge in [-0.1, -0.05) is 0 Å². The number of hydrogen-bond acceptors (Lipinski definition) is 5. The number of rotatable bonds is 1. The molecule has 0 N–H and O–H groups in total. The van der Waals surface area contributed by atoms with Crippen LogP contribution in [-0.2, 0) is 4.74 Å². The summed E-state index contributed by atoms with van der Waals surface area (Å²) < 4.78 is 7.46. The second-order valence-corrected chi connectivity index (χ2v) is 8.87. The molecule has 8 heteroatoms. The SMILES string of the molecule is CC(C)(C)OC(=O)N1CCC2(CC1)CC(n1ncc3cnc(Cl)nc31)C2. The van der Waals surface area contributed by atoms with Gasteiger partial charge in [0.25, 0.3) is 0 Å². The minimum atomic E-state index is -0.446. The summed E-state index contributed by atoms with van der Waals surface area (Å²) in [5, 5.41) is 5.65. The van der Waals surface area contributed by atoms with Crippen LogP contribution in [-0.4, -0.2) is 49.4 Å². The molecule has 0 bridgehead atoms. The molecular formula is C18H24ClN5O2. The molecule has 0 aromatic carbocycles. The van der Waals surface area contributed by atoms with Gasteiger partial charge in [0.05, 0.1) is 17.6 Å². The van der Waals surface area contributed by atoms with Gasteiger partial charge in [0.15, 0.2) is 5.65 Å². The molecule has 26 heavy (non-hydrogen) atoms. The van der Waals surface area contributed by atoms with Gasteiger partial charge in [0.2, 0.25) is 5.28 Å². The maximum Gasteiger partial charge on any atom is 0.410 e. The molecule has 140 valence electrons. The summed E-state index contributed by atoms with van der Waals surface area (Å²) in [7, 11) is 0. The zero-order chi connectivity index (χ0) is 18.5. The Bertz CT molecular complexity index is 828. The lowest BCUT2D eigenvalue weighted by Crippen LogP contribution is -2.50. The van der Waals surface area contributed by atoms with Crippen LogP contribution in [0.5, 0.6) is 0 Å². The van der Waals surface area contributed by atoms with Crippen molar-refractivity contribution < 1.29 is 9.53 Å². The van der Waals surface area contributed by atoms with Crippen molar-refractivity contribution in [1.29, 1.82) is 0 Å². The van der Waals surface area contributed by atoms with Crippen molar-refractivity contribution in [3.63, 3.8) is 0 Å². The number of fused-ring (bicyclic) bond motifs is 1. The van der Waals surface area contributed by atoms with E-state index in [9.17, 15) is 4.79 Å². The van der Waals surface area contributed by atoms with Crippen LogP contribution in [0.4, 0.5) is 4.79 Å². The first-order valence-electron chi connectivity index (χ1n) is 9.08. The van der Waals surface area contributed by atoms with E-state index in [0.29, 0.717) is 11.5 Å². The third-order valence-electron chi connectivity index (χ3n) is 5.46. The van der Waals surface area contributed by atoms with E-state index in [0.717, 1.165) is 49.8 Å². The summed E-state index contributed by atoms with van der Waals surface area (Å²) in [4.78, 5) is 22.4. The van der Waals surface area contributed by atoms with Gasteiger partial charge in [-0.15, -0.1) is 0 Å². The van der Waals surface area contributed by atoms with Gasteiger partial charge in [0.1, 0.15) is 5.60 Å². The highest BCUT2D eigenvalue weighted by Gasteiger charge is 2.48. The van der Waals surface area contributed by atoms with Gasteiger partial charge in [0, 0.05) is 19.3 Å². The molecule has 1 amide bonds. The summed E-state index contributed by atoms with van der Waals surface area (Å²) in [6.45, 7) is 7.22. The van der Waals surface area contributed by atoms with E-state index in [-0.39, 0.29) is 11.4 Å². The molecule has 1 spiro atoms. The van der Waals surface area contributed by atoms with E-state index in [2.05, 4.69) is 15.1 Å². The van der Waals surface area contributed by atoms with Crippen molar-refractivity contribution in [2.24, 2.45) is 5.41 Å². The smallest absolute Gasteiger partial charge is 0.410 e. The lowest BCUT2D eigenvalue weighted by Gasteiger charge is -2.52. The van der Waals surface area contributed by atoms with Crippen LogP contribution >= 0.6 is 11.6 Å². The van der Waals surface area contributed by atoms with Crippen molar-refractivity contribution in [2.75, 3.05) is 13.1 Å². The number of carbonyl (C=O) groups is 1. The van der Waals surface area contributed by atoms with Crippen molar-refractivity contribution in [3.8, 4) is 0 Å². The largest absolute Gasteiger partial charge is 0.444 e. The Morgan fingerprint density at radius 2 is 1.96 bits per heavy atom. The zero-order valence-electron chi connectivity index (χ0n) is 15.4. The maximum absolute atomic E-state index is 12.2. The third kappa shape index (κ3) is 3.24. The monoisotopic (exact) mass is 377 g/mol. The first kappa shape index (κ1) is 17.5. The highest BCUT2D eigenvalue weighted by Crippen LogP contribution is 2.55. The van der Waals surface area contributed by atoms with Gasteiger partial charge in [-0.05, 0) is 63.5 Å². The van der Waals surface area contributed by atoms with Crippen LogP contribution in [0.2, 0.25) is 5.28 Å². The van der Waals surface area contributed by atoms with Crippen LogP contribution < -0.4 is 0 Å². The van der Waals surface area contributed by atoms with Crippen LogP contribution in [0, 0.1) is 5.41 Å². The number of carbonyl (C=O) groups excluding carboxylic acids is 1. The summed E-state index contributed by atoms with van der Waals surface area (Å²) in [5.74, 6) is 0. The first-order chi connectivity index (χ1) is 12.2. The first-order valence-corrected chi connectivity index (χ1v) is 9.46. The molecule has 3 heterocycles. The van der Waals surface area contributed by atoms with Crippen LogP contribution in [0.25, 0.3) is 11.0 Å². The van der Waals surface area contributed by atoms with E-state index >= 15 is 0 Å². The van der Waals surface area contributed by atoms with E-state index in [1.54, 1.807) is 12.4 Å². The van der Waals surface area contributed by atoms with Gasteiger partial charge in [-0.25, -0.2) is 14.5 Å². The molecule has 1 saturated heterocycles. The predicted octanol–water partition coefficient (Wildman–Crippen LogP) is 3.83. The lowest BCUT2D eigenvalue weighted by molar-refractivity contribution is -0.0250. The highest BCUT2D eigenvalue weighted by molar-refractivity contribution is 6.28. The molecule has 4 rings (SSSR count). The van der Waals surface area contributed by atoms with Gasteiger partial charge < -0.3 is 9.64 Å². The van der Waals surface area contributed by atoms with E-state index < -0.39 is 5.60 Å². The Balaban J connectivity index is 1.38. The fraction of sp³-hybridized carbons (Fsp3) is 0.667. The molecule has 0 unspecified atom stereocenters. The molecule has 1 aliphatic heterocycles. The third-order valence-corrected chi connectivity index (χ3v) is 5.65. The standard InChI is InChI=1S/C18H24ClN5O2/c1-17(2,3)26-16(25)23-6-4-18(5-7-23)8-13(9-18)24-14-12(11-21-24)10-20-15(19)22-14/h10-11,13H,4-9H2,1-3H3. The number of nitrogens with zero attached hydrogens (tertiary/aromatic N) is 5.